The number of hydrogen-bond donors (Lipinski definition) is 0. The Balaban J connectivity index is 0.000000168. The molecule has 114 heavy (non-hydrogen) atoms. The maximum Gasteiger partial charge on any atom is 0.135 e. The van der Waals surface area contributed by atoms with E-state index in [-0.39, 0.29) is 98.0 Å². The molecule has 24 aromatic carbocycles. The van der Waals surface area contributed by atoms with Gasteiger partial charge in [-0.3, -0.25) is 0 Å². The van der Waals surface area contributed by atoms with Gasteiger partial charge in [0.1, 0.15) is 22.3 Å². The van der Waals surface area contributed by atoms with Gasteiger partial charge in [-0.25, -0.2) is 0 Å². The average molecular weight is 1490 g/mol. The molecule has 0 bridgehead atoms. The van der Waals surface area contributed by atoms with Crippen molar-refractivity contribution < 1.29 is 77.4 Å². The van der Waals surface area contributed by atoms with Crippen molar-refractivity contribution in [2.24, 2.45) is 0 Å². The van der Waals surface area contributed by atoms with Crippen molar-refractivity contribution in [1.29, 1.82) is 0 Å². The number of benzene rings is 24. The van der Waals surface area contributed by atoms with Gasteiger partial charge in [0.25, 0.3) is 0 Å². The molecule has 0 aliphatic carbocycles. The SMILES string of the molecule is [2H]c1c([2H])c(-c2c([2H])c([2H])c3c([2H])c([2H])c4c([2H])c([2H])c([2H])c5c([2H])c([2H])c2c3c45)c([2H])c([2H])c1-c1c([2H])c(-c2c([2H])c([2H])c3oc4c([2H])c([2H])c([2H])c([2H])c4c3c2[2H])c([2H])c(-c2c([2H])c([2H])c3c([2H])c([2H])c4c([2H])c([2H])c([2H])c5c([2H])c([2H])c2c3c45)c1[2H].[2H]c1c([2H])c2c([2H])c([2H])c3c([2H])c([2H])c(-c4ccc(-c5cc(-c6ccc7oc8ccccc8c7c6)cc(-c6c([2H])c([2H])c7c([2H])c([2H])c8c([2H])c([2H])c([2H])c9c([2H])c([2H])c6c7c89)c5)cc4)c4c([2H])c([2H])c(c1[2H])c2c34. The Kier molecular flexibility index (Phi) is 6.77. The van der Waals surface area contributed by atoms with E-state index in [0.717, 1.165) is 10.8 Å². The minimum absolute atomic E-state index is 0.00111. The molecule has 0 spiro atoms. The number of hydrogen-bond acceptors (Lipinski definition) is 2. The van der Waals surface area contributed by atoms with Crippen molar-refractivity contribution in [2.75, 3.05) is 0 Å². The summed E-state index contributed by atoms with van der Waals surface area (Å²) in [6.07, 6.45) is 0. The molecule has 0 fully saturated rings. The monoisotopic (exact) mass is 1490 g/mol. The Morgan fingerprint density at radius 3 is 1.04 bits per heavy atom. The van der Waals surface area contributed by atoms with Crippen LogP contribution in [0.25, 0.3) is 262 Å². The molecule has 26 rings (SSSR count). The highest BCUT2D eigenvalue weighted by atomic mass is 16.3. The average Bonchev–Trinajstić information content (AvgIpc) is 0.703. The van der Waals surface area contributed by atoms with Gasteiger partial charge >= 0.3 is 0 Å². The summed E-state index contributed by atoms with van der Waals surface area (Å²) < 4.78 is 471. The fraction of sp³-hybridized carbons (Fsp3) is 0. The third-order valence-corrected chi connectivity index (χ3v) is 20.9. The van der Waals surface area contributed by atoms with Crippen LogP contribution in [0.2, 0.25) is 0 Å². The molecule has 0 atom stereocenters. The first kappa shape index (κ1) is 31.8. The highest BCUT2D eigenvalue weighted by molar-refractivity contribution is 6.30. The van der Waals surface area contributed by atoms with E-state index < -0.39 is 411 Å². The molecule has 2 heteroatoms. The Morgan fingerprint density at radius 2 is 0.518 bits per heavy atom. The van der Waals surface area contributed by atoms with Gasteiger partial charge in [0, 0.05) is 21.5 Å². The van der Waals surface area contributed by atoms with E-state index in [1.807, 2.05) is 48.5 Å². The maximum absolute atomic E-state index is 10.2. The Labute approximate surface area is 725 Å². The third-order valence-electron chi connectivity index (χ3n) is 20.9. The summed E-state index contributed by atoms with van der Waals surface area (Å²) >= 11 is 0. The van der Waals surface area contributed by atoms with Crippen LogP contribution in [-0.4, -0.2) is 0 Å². The van der Waals surface area contributed by atoms with Crippen molar-refractivity contribution in [3.63, 3.8) is 0 Å². The van der Waals surface area contributed by atoms with Crippen molar-refractivity contribution in [1.82, 2.24) is 0 Å². The summed E-state index contributed by atoms with van der Waals surface area (Å²) in [4.78, 5) is 0. The quantitative estimate of drug-likeness (QED) is 0.142. The molecule has 0 aliphatic rings. The van der Waals surface area contributed by atoms with Gasteiger partial charge in [-0.2, -0.15) is 0 Å². The first-order valence-corrected chi connectivity index (χ1v) is 35.4. The van der Waals surface area contributed by atoms with Crippen LogP contribution < -0.4 is 0 Å². The fourth-order valence-corrected chi connectivity index (χ4v) is 15.7. The highest BCUT2D eigenvalue weighted by Gasteiger charge is 2.22. The van der Waals surface area contributed by atoms with Gasteiger partial charge < -0.3 is 8.83 Å². The lowest BCUT2D eigenvalue weighted by Crippen LogP contribution is -1.90. The second-order valence-electron chi connectivity index (χ2n) is 27.2. The maximum atomic E-state index is 10.2. The van der Waals surface area contributed by atoms with Crippen LogP contribution in [0.5, 0.6) is 0 Å². The Morgan fingerprint density at radius 1 is 0.158 bits per heavy atom. The first-order valence-electron chi connectivity index (χ1n) is 60.4. The zero-order valence-corrected chi connectivity index (χ0v) is 57.9. The topological polar surface area (TPSA) is 26.3 Å². The van der Waals surface area contributed by atoms with Gasteiger partial charge in [0.2, 0.25) is 0 Å². The normalized spacial score (nSPS) is 18.4. The van der Waals surface area contributed by atoms with Crippen LogP contribution in [0.3, 0.4) is 0 Å². The molecule has 26 aromatic rings. The molecule has 0 saturated heterocycles. The largest absolute Gasteiger partial charge is 0.456 e. The molecule has 0 N–H and O–H groups in total. The molecule has 0 amide bonds. The molecule has 524 valence electrons. The Bertz CT molecular complexity index is 11600. The standard InChI is InChI=1S/2C56H32O/c2*1-2-10-51-47(9-1)50-32-41(23-28-52(50)57-51)43-29-42(30-44(31-43)46-25-20-40-18-16-36-6-4-8-38-22-27-49(46)56(40)54(36)38)33-11-13-34(14-12-33)45-24-19-39-17-15-35-5-3-7-37-21-26-48(45)55(39)53(35)37/h2*1-32H/i1D,2D,3D,4D,5D,6D,7D,8D,9D,10D,11D,12D,13D,14D,15D,16D,17D,18D,19D,20D,21D,22D,23D,24D,25D,26D,27D,28D,29D,30D,31D,32D;3D,4D,5D,6D,7D,8D,15D,16D,17D,18D,19D,20D,21D,22D,24D,25D,26D,27D. The second-order valence-corrected chi connectivity index (χ2v) is 27.2. The van der Waals surface area contributed by atoms with Crippen molar-refractivity contribution in [2.45, 2.75) is 0 Å². The minimum Gasteiger partial charge on any atom is -0.456 e. The van der Waals surface area contributed by atoms with Gasteiger partial charge in [0.05, 0.1) is 68.5 Å². The molecular weight excluding hydrogens is 1380 g/mol. The molecule has 2 aromatic heterocycles. The zero-order valence-electron chi connectivity index (χ0n) is 108. The summed E-state index contributed by atoms with van der Waals surface area (Å²) in [5, 5.41) is -5.75. The lowest BCUT2D eigenvalue weighted by atomic mass is 9.87. The predicted molar refractivity (Wildman–Crippen MR) is 486 cm³/mol. The van der Waals surface area contributed by atoms with E-state index in [0.29, 0.717) is 44.5 Å². The van der Waals surface area contributed by atoms with Crippen LogP contribution in [0.15, 0.2) is 396 Å². The second kappa shape index (κ2) is 24.3. The third kappa shape index (κ3) is 9.62. The van der Waals surface area contributed by atoms with Crippen LogP contribution in [-0.2, 0) is 0 Å². The van der Waals surface area contributed by atoms with Gasteiger partial charge in [0.15, 0.2) is 0 Å². The first-order chi connectivity index (χ1) is 77.4. The minimum atomic E-state index is -1.20. The molecule has 0 unspecified atom stereocenters. The van der Waals surface area contributed by atoms with E-state index in [1.54, 1.807) is 36.4 Å². The van der Waals surface area contributed by atoms with E-state index in [4.69, 9.17) is 44.5 Å². The van der Waals surface area contributed by atoms with Crippen LogP contribution in [0.4, 0.5) is 0 Å². The van der Waals surface area contributed by atoms with E-state index >= 15 is 0 Å². The molecule has 0 aliphatic heterocycles. The van der Waals surface area contributed by atoms with Crippen LogP contribution in [0.1, 0.15) is 68.5 Å². The van der Waals surface area contributed by atoms with Gasteiger partial charge in [-0.15, -0.1) is 0 Å². The fourth-order valence-electron chi connectivity index (χ4n) is 15.7. The predicted octanol–water partition coefficient (Wildman–Crippen LogP) is 32.1. The Hall–Kier alpha value is -15.0. The summed E-state index contributed by atoms with van der Waals surface area (Å²) in [6.45, 7) is 0. The van der Waals surface area contributed by atoms with Crippen molar-refractivity contribution in [3.05, 3.63) is 387 Å². The summed E-state index contributed by atoms with van der Waals surface area (Å²) in [5.41, 5.74) is -4.07. The lowest BCUT2D eigenvalue weighted by molar-refractivity contribution is 0.668. The zero-order chi connectivity index (χ0) is 118. The molecule has 2 nitrogen and oxygen atoms in total. The van der Waals surface area contributed by atoms with E-state index in [2.05, 4.69) is 0 Å². The van der Waals surface area contributed by atoms with E-state index in [9.17, 15) is 32.9 Å². The molecular formula is C112H64O2. The number of rotatable bonds is 8. The summed E-state index contributed by atoms with van der Waals surface area (Å²) in [7, 11) is 0. The lowest BCUT2D eigenvalue weighted by Gasteiger charge is -2.17. The van der Waals surface area contributed by atoms with Crippen molar-refractivity contribution >= 4 is 173 Å². The van der Waals surface area contributed by atoms with Crippen LogP contribution >= 0.6 is 0 Å². The summed E-state index contributed by atoms with van der Waals surface area (Å²) in [5.74, 6) is 0. The van der Waals surface area contributed by atoms with Crippen molar-refractivity contribution in [3.8, 4) is 89.0 Å². The number of para-hydroxylation sites is 2. The van der Waals surface area contributed by atoms with Gasteiger partial charge in [-0.1, -0.05) is 314 Å². The van der Waals surface area contributed by atoms with Gasteiger partial charge in [-0.05, 0) is 291 Å². The molecule has 0 saturated carbocycles. The summed E-state index contributed by atoms with van der Waals surface area (Å²) in [6, 6.07) is -12.5. The smallest absolute Gasteiger partial charge is 0.135 e. The highest BCUT2D eigenvalue weighted by Crippen LogP contribution is 2.48. The molecule has 2 heterocycles. The van der Waals surface area contributed by atoms with Crippen LogP contribution in [0, 0.1) is 0 Å². The van der Waals surface area contributed by atoms with E-state index in [1.165, 1.54) is 0 Å². The number of fused-ring (bicyclic) bond motifs is 6. The number of furan rings is 2. The molecule has 0 radical (unpaired) electrons.